The third-order valence-corrected chi connectivity index (χ3v) is 5.86. The Balaban J connectivity index is 0.000000164. The maximum atomic E-state index is 11.2. The summed E-state index contributed by atoms with van der Waals surface area (Å²) in [6.45, 7) is 0. The first-order valence-electron chi connectivity index (χ1n) is 11.1. The van der Waals surface area contributed by atoms with Gasteiger partial charge < -0.3 is 19.8 Å². The topological polar surface area (TPSA) is 121 Å². The Kier molecular flexibility index (Phi) is 7.89. The van der Waals surface area contributed by atoms with E-state index >= 15 is 0 Å². The monoisotopic (exact) mass is 512 g/mol. The van der Waals surface area contributed by atoms with Crippen LogP contribution in [0, 0.1) is 0 Å². The van der Waals surface area contributed by atoms with Gasteiger partial charge in [0.25, 0.3) is 0 Å². The molecule has 5 aromatic carbocycles. The lowest BCUT2D eigenvalue weighted by Gasteiger charge is -2.19. The summed E-state index contributed by atoms with van der Waals surface area (Å²) in [4.78, 5) is 29.2. The Hall–Kier alpha value is -4.58. The standard InChI is InChI=1S/C16H10O4.C13H10O.HO2P/c17-15(18)11-5-4-9-6-10-2-1-3-13(16(19)20)14(10)8-12(9)7-11;1-3-7-12-10(5-1)9-11-6-2-4-8-13(11)14-12;1-3-2/h1-8H,(H,17,18)(H,19,20);1-8H,9H2;(H,1,2). The molecule has 5 aromatic rings. The van der Waals surface area contributed by atoms with E-state index in [1.165, 1.54) is 23.3 Å². The number of rotatable bonds is 2. The first-order chi connectivity index (χ1) is 17.9. The Morgan fingerprint density at radius 3 is 1.89 bits per heavy atom. The summed E-state index contributed by atoms with van der Waals surface area (Å²) in [5.41, 5.74) is 2.94. The number of hydrogen-bond acceptors (Lipinski definition) is 4. The van der Waals surface area contributed by atoms with Crippen molar-refractivity contribution in [2.45, 2.75) is 6.42 Å². The van der Waals surface area contributed by atoms with Crippen molar-refractivity contribution in [1.82, 2.24) is 0 Å². The summed E-state index contributed by atoms with van der Waals surface area (Å²) in [5, 5.41) is 21.2. The summed E-state index contributed by atoms with van der Waals surface area (Å²) in [5.74, 6) is -0.0137. The van der Waals surface area contributed by atoms with E-state index < -0.39 is 20.6 Å². The number of carboxylic acids is 2. The van der Waals surface area contributed by atoms with E-state index in [1.807, 2.05) is 36.4 Å². The fourth-order valence-corrected chi connectivity index (χ4v) is 4.17. The van der Waals surface area contributed by atoms with Crippen LogP contribution in [0.2, 0.25) is 0 Å². The van der Waals surface area contributed by atoms with Gasteiger partial charge in [-0.25, -0.2) is 14.2 Å². The number of ether oxygens (including phenoxy) is 1. The van der Waals surface area contributed by atoms with Crippen LogP contribution in [0.15, 0.2) is 97.1 Å². The van der Waals surface area contributed by atoms with Gasteiger partial charge in [0.1, 0.15) is 11.5 Å². The largest absolute Gasteiger partial charge is 0.478 e. The molecule has 184 valence electrons. The van der Waals surface area contributed by atoms with Gasteiger partial charge in [-0.05, 0) is 75.1 Å². The fraction of sp³-hybridized carbons (Fsp3) is 0.0345. The molecule has 0 spiro atoms. The van der Waals surface area contributed by atoms with Crippen molar-refractivity contribution in [1.29, 1.82) is 0 Å². The van der Waals surface area contributed by atoms with Crippen LogP contribution >= 0.6 is 8.69 Å². The van der Waals surface area contributed by atoms with E-state index in [1.54, 1.807) is 24.3 Å². The predicted octanol–water partition coefficient (Wildman–Crippen LogP) is 6.96. The molecule has 0 radical (unpaired) electrons. The highest BCUT2D eigenvalue weighted by Gasteiger charge is 2.15. The third-order valence-electron chi connectivity index (χ3n) is 5.86. The zero-order chi connectivity index (χ0) is 26.4. The van der Waals surface area contributed by atoms with Crippen molar-refractivity contribution in [3.63, 3.8) is 0 Å². The molecule has 1 aliphatic heterocycles. The Morgan fingerprint density at radius 2 is 1.30 bits per heavy atom. The zero-order valence-corrected chi connectivity index (χ0v) is 20.3. The Bertz CT molecular complexity index is 1540. The van der Waals surface area contributed by atoms with Crippen LogP contribution in [0.3, 0.4) is 0 Å². The van der Waals surface area contributed by atoms with Crippen molar-refractivity contribution in [3.05, 3.63) is 119 Å². The van der Waals surface area contributed by atoms with Gasteiger partial charge in [0, 0.05) is 6.42 Å². The van der Waals surface area contributed by atoms with Crippen LogP contribution in [0.5, 0.6) is 11.5 Å². The number of fused-ring (bicyclic) bond motifs is 4. The molecular formula is C29H21O7P. The van der Waals surface area contributed by atoms with Crippen molar-refractivity contribution in [2.24, 2.45) is 0 Å². The van der Waals surface area contributed by atoms with Gasteiger partial charge in [-0.15, -0.1) is 0 Å². The van der Waals surface area contributed by atoms with E-state index in [-0.39, 0.29) is 11.1 Å². The quantitative estimate of drug-likeness (QED) is 0.169. The average Bonchev–Trinajstić information content (AvgIpc) is 2.90. The van der Waals surface area contributed by atoms with Crippen molar-refractivity contribution in [3.8, 4) is 11.5 Å². The third kappa shape index (κ3) is 5.81. The smallest absolute Gasteiger partial charge is 0.336 e. The molecule has 6 rings (SSSR count). The maximum absolute atomic E-state index is 11.2. The van der Waals surface area contributed by atoms with Crippen LogP contribution < -0.4 is 4.74 Å². The molecule has 3 N–H and O–H groups in total. The van der Waals surface area contributed by atoms with E-state index in [0.717, 1.165) is 28.7 Å². The molecule has 0 fully saturated rings. The number of benzene rings is 5. The second-order valence-corrected chi connectivity index (χ2v) is 8.29. The summed E-state index contributed by atoms with van der Waals surface area (Å²) >= 11 is 0. The van der Waals surface area contributed by atoms with Gasteiger partial charge in [-0.2, -0.15) is 0 Å². The van der Waals surface area contributed by atoms with E-state index in [4.69, 9.17) is 19.3 Å². The lowest BCUT2D eigenvalue weighted by Crippen LogP contribution is -2.01. The second kappa shape index (κ2) is 11.4. The molecule has 7 nitrogen and oxygen atoms in total. The molecular weight excluding hydrogens is 491 g/mol. The van der Waals surface area contributed by atoms with Gasteiger partial charge in [-0.1, -0.05) is 54.6 Å². The molecule has 0 amide bonds. The summed E-state index contributed by atoms with van der Waals surface area (Å²) in [6.07, 6.45) is 0.979. The van der Waals surface area contributed by atoms with Crippen molar-refractivity contribution < 1.29 is 34.0 Å². The molecule has 0 bridgehead atoms. The highest BCUT2D eigenvalue weighted by molar-refractivity contribution is 7.16. The van der Waals surface area contributed by atoms with E-state index in [2.05, 4.69) is 24.3 Å². The van der Waals surface area contributed by atoms with Crippen molar-refractivity contribution in [2.75, 3.05) is 0 Å². The number of para-hydroxylation sites is 2. The van der Waals surface area contributed by atoms with Crippen molar-refractivity contribution >= 4 is 42.2 Å². The average molecular weight is 512 g/mol. The van der Waals surface area contributed by atoms with Gasteiger partial charge in [0.05, 0.1) is 11.1 Å². The van der Waals surface area contributed by atoms with Gasteiger partial charge in [0.2, 0.25) is 0 Å². The van der Waals surface area contributed by atoms with Crippen LogP contribution in [-0.2, 0) is 11.0 Å². The van der Waals surface area contributed by atoms with Gasteiger partial charge in [0.15, 0.2) is 0 Å². The maximum Gasteiger partial charge on any atom is 0.336 e. The highest BCUT2D eigenvalue weighted by atomic mass is 31.1. The zero-order valence-electron chi connectivity index (χ0n) is 19.4. The minimum atomic E-state index is -1.00. The molecule has 1 aliphatic rings. The predicted molar refractivity (Wildman–Crippen MR) is 141 cm³/mol. The molecule has 0 aromatic heterocycles. The molecule has 0 saturated carbocycles. The minimum absolute atomic E-state index is 0.185. The molecule has 1 heterocycles. The minimum Gasteiger partial charge on any atom is -0.478 e. The molecule has 0 aliphatic carbocycles. The van der Waals surface area contributed by atoms with Crippen LogP contribution in [0.4, 0.5) is 0 Å². The van der Waals surface area contributed by atoms with Gasteiger partial charge in [-0.3, -0.25) is 0 Å². The summed E-state index contributed by atoms with van der Waals surface area (Å²) in [7, 11) is -0.833. The SMILES string of the molecule is O=C(O)c1ccc2cc3cccc(C(=O)O)c3cc2c1.O=PO.c1ccc2c(c1)Cc1ccccc1O2. The summed E-state index contributed by atoms with van der Waals surface area (Å²) in [6, 6.07) is 29.9. The van der Waals surface area contributed by atoms with Crippen LogP contribution in [-0.4, -0.2) is 27.0 Å². The highest BCUT2D eigenvalue weighted by Crippen LogP contribution is 2.35. The van der Waals surface area contributed by atoms with Crippen LogP contribution in [0.25, 0.3) is 21.5 Å². The molecule has 37 heavy (non-hydrogen) atoms. The first kappa shape index (κ1) is 25.5. The van der Waals surface area contributed by atoms with Gasteiger partial charge >= 0.3 is 20.6 Å². The second-order valence-electron chi connectivity index (χ2n) is 8.13. The Labute approximate surface area is 213 Å². The summed E-state index contributed by atoms with van der Waals surface area (Å²) < 4.78 is 14.2. The first-order valence-corrected chi connectivity index (χ1v) is 11.9. The van der Waals surface area contributed by atoms with Crippen LogP contribution in [0.1, 0.15) is 31.8 Å². The Morgan fingerprint density at radius 1 is 0.676 bits per heavy atom. The van der Waals surface area contributed by atoms with E-state index in [0.29, 0.717) is 10.8 Å². The lowest BCUT2D eigenvalue weighted by molar-refractivity contribution is 0.0687. The number of aromatic carboxylic acids is 2. The molecule has 0 saturated heterocycles. The number of carbonyl (C=O) groups is 2. The normalized spacial score (nSPS) is 11.2. The van der Waals surface area contributed by atoms with E-state index in [9.17, 15) is 14.7 Å². The number of carboxylic acid groups (broad SMARTS) is 2. The fourth-order valence-electron chi connectivity index (χ4n) is 4.17. The lowest BCUT2D eigenvalue weighted by atomic mass is 9.98. The molecule has 8 heteroatoms. The number of hydrogen-bond donors (Lipinski definition) is 3. The molecule has 0 atom stereocenters. The molecule has 0 unspecified atom stereocenters.